The second-order valence-corrected chi connectivity index (χ2v) is 4.40. The second kappa shape index (κ2) is 5.64. The maximum atomic E-state index is 5.40. The van der Waals surface area contributed by atoms with Crippen molar-refractivity contribution in [3.8, 4) is 0 Å². The smallest absolute Gasteiger partial charge is 0.0700 e. The Labute approximate surface area is 91.8 Å². The van der Waals surface area contributed by atoms with Gasteiger partial charge in [0.25, 0.3) is 0 Å². The predicted molar refractivity (Wildman–Crippen MR) is 59.8 cm³/mol. The molecule has 0 aliphatic heterocycles. The van der Waals surface area contributed by atoms with Gasteiger partial charge in [-0.2, -0.15) is 0 Å². The summed E-state index contributed by atoms with van der Waals surface area (Å²) in [5, 5.41) is 3.55. The molecule has 1 N–H and O–H groups in total. The Morgan fingerprint density at radius 2 is 2.27 bits per heavy atom. The lowest BCUT2D eigenvalue weighted by molar-refractivity contribution is 0.0657. The Morgan fingerprint density at radius 1 is 1.33 bits per heavy atom. The van der Waals surface area contributed by atoms with Gasteiger partial charge in [-0.05, 0) is 24.7 Å². The van der Waals surface area contributed by atoms with Crippen LogP contribution in [0.3, 0.4) is 0 Å². The Balaban J connectivity index is 1.47. The Hall–Kier alpha value is -0.380. The molecule has 0 aromatic rings. The molecule has 0 spiro atoms. The first-order chi connectivity index (χ1) is 7.42. The van der Waals surface area contributed by atoms with Crippen LogP contribution in [0.2, 0.25) is 0 Å². The van der Waals surface area contributed by atoms with Gasteiger partial charge < -0.3 is 14.8 Å². The average molecular weight is 211 g/mol. The molecule has 0 amide bonds. The highest BCUT2D eigenvalue weighted by atomic mass is 16.5. The van der Waals surface area contributed by atoms with E-state index in [0.717, 1.165) is 25.0 Å². The molecule has 0 heterocycles. The normalized spacial score (nSPS) is 32.7. The van der Waals surface area contributed by atoms with Gasteiger partial charge in [0.15, 0.2) is 0 Å². The molecule has 0 aromatic carbocycles. The maximum absolute atomic E-state index is 5.40. The van der Waals surface area contributed by atoms with Crippen molar-refractivity contribution in [2.24, 2.45) is 11.8 Å². The van der Waals surface area contributed by atoms with Crippen molar-refractivity contribution < 1.29 is 9.47 Å². The van der Waals surface area contributed by atoms with Crippen LogP contribution in [-0.4, -0.2) is 39.5 Å². The van der Waals surface area contributed by atoms with Gasteiger partial charge in [0.2, 0.25) is 0 Å². The van der Waals surface area contributed by atoms with E-state index in [-0.39, 0.29) is 0 Å². The number of nitrogens with one attached hydrogen (secondary N) is 1. The zero-order valence-electron chi connectivity index (χ0n) is 9.45. The number of hydrogen-bond acceptors (Lipinski definition) is 3. The van der Waals surface area contributed by atoms with Gasteiger partial charge in [-0.3, -0.25) is 0 Å². The topological polar surface area (TPSA) is 30.5 Å². The highest BCUT2D eigenvalue weighted by Crippen LogP contribution is 2.42. The lowest BCUT2D eigenvalue weighted by Gasteiger charge is -2.40. The number of ether oxygens (including phenoxy) is 2. The Bertz CT molecular complexity index is 218. The molecule has 3 nitrogen and oxygen atoms in total. The van der Waals surface area contributed by atoms with E-state index in [1.807, 2.05) is 0 Å². The number of methoxy groups -OCH3 is 1. The van der Waals surface area contributed by atoms with Crippen molar-refractivity contribution in [1.29, 1.82) is 0 Å². The number of allylic oxidation sites excluding steroid dienone is 1. The summed E-state index contributed by atoms with van der Waals surface area (Å²) in [7, 11) is 1.70. The summed E-state index contributed by atoms with van der Waals surface area (Å²) in [5.41, 5.74) is 0. The molecule has 3 heteroatoms. The molecule has 15 heavy (non-hydrogen) atoms. The van der Waals surface area contributed by atoms with Crippen molar-refractivity contribution in [1.82, 2.24) is 5.32 Å². The third-order valence-electron chi connectivity index (χ3n) is 3.45. The van der Waals surface area contributed by atoms with Gasteiger partial charge in [-0.25, -0.2) is 0 Å². The van der Waals surface area contributed by atoms with Crippen LogP contribution in [0.4, 0.5) is 0 Å². The summed E-state index contributed by atoms with van der Waals surface area (Å²) in [4.78, 5) is 0. The third kappa shape index (κ3) is 2.80. The fourth-order valence-electron chi connectivity index (χ4n) is 2.51. The summed E-state index contributed by atoms with van der Waals surface area (Å²) < 4.78 is 10.3. The Morgan fingerprint density at radius 3 is 3.07 bits per heavy atom. The fourth-order valence-corrected chi connectivity index (χ4v) is 2.51. The van der Waals surface area contributed by atoms with Crippen LogP contribution in [0.1, 0.15) is 12.8 Å². The summed E-state index contributed by atoms with van der Waals surface area (Å²) in [6.45, 7) is 3.15. The molecular formula is C12H21NO2. The van der Waals surface area contributed by atoms with Crippen molar-refractivity contribution >= 4 is 0 Å². The Kier molecular flexibility index (Phi) is 4.18. The van der Waals surface area contributed by atoms with Crippen LogP contribution in [0.5, 0.6) is 0 Å². The molecular weight excluding hydrogens is 190 g/mol. The minimum atomic E-state index is 0.691. The van der Waals surface area contributed by atoms with Gasteiger partial charge in [0.05, 0.1) is 19.8 Å². The van der Waals surface area contributed by atoms with Gasteiger partial charge in [0, 0.05) is 19.7 Å². The van der Waals surface area contributed by atoms with Gasteiger partial charge in [-0.15, -0.1) is 0 Å². The van der Waals surface area contributed by atoms with Crippen LogP contribution in [0.25, 0.3) is 0 Å². The molecule has 2 rings (SSSR count). The highest BCUT2D eigenvalue weighted by Gasteiger charge is 2.40. The largest absolute Gasteiger partial charge is 0.382 e. The predicted octanol–water partition coefficient (Wildman–Crippen LogP) is 1.20. The fraction of sp³-hybridized carbons (Fsp3) is 0.833. The van der Waals surface area contributed by atoms with E-state index >= 15 is 0 Å². The minimum Gasteiger partial charge on any atom is -0.382 e. The zero-order chi connectivity index (χ0) is 10.5. The molecule has 86 valence electrons. The molecule has 3 atom stereocenters. The molecule has 2 aliphatic rings. The first kappa shape index (κ1) is 11.1. The van der Waals surface area contributed by atoms with E-state index in [1.54, 1.807) is 7.11 Å². The number of fused-ring (bicyclic) bond motifs is 1. The standard InChI is InChI=1S/C12H21NO2/c1-14-7-8-15-6-5-13-12-9-10-3-2-4-11(10)12/h2,4,10-13H,3,5-9H2,1H3. The van der Waals surface area contributed by atoms with Crippen molar-refractivity contribution in [3.63, 3.8) is 0 Å². The van der Waals surface area contributed by atoms with E-state index in [1.165, 1.54) is 12.8 Å². The van der Waals surface area contributed by atoms with Crippen molar-refractivity contribution in [2.75, 3.05) is 33.5 Å². The van der Waals surface area contributed by atoms with Crippen LogP contribution in [0, 0.1) is 11.8 Å². The lowest BCUT2D eigenvalue weighted by Crippen LogP contribution is -2.48. The van der Waals surface area contributed by atoms with Crippen LogP contribution in [-0.2, 0) is 9.47 Å². The molecule has 3 unspecified atom stereocenters. The lowest BCUT2D eigenvalue weighted by atomic mass is 9.71. The quantitative estimate of drug-likeness (QED) is 0.507. The molecule has 0 aromatic heterocycles. The first-order valence-corrected chi connectivity index (χ1v) is 5.88. The molecule has 0 saturated heterocycles. The third-order valence-corrected chi connectivity index (χ3v) is 3.45. The second-order valence-electron chi connectivity index (χ2n) is 4.40. The molecule has 0 radical (unpaired) electrons. The van der Waals surface area contributed by atoms with Crippen LogP contribution in [0.15, 0.2) is 12.2 Å². The van der Waals surface area contributed by atoms with E-state index in [2.05, 4.69) is 17.5 Å². The monoisotopic (exact) mass is 211 g/mol. The summed E-state index contributed by atoms with van der Waals surface area (Å²) in [6.07, 6.45) is 7.34. The van der Waals surface area contributed by atoms with Gasteiger partial charge >= 0.3 is 0 Å². The summed E-state index contributed by atoms with van der Waals surface area (Å²) in [6, 6.07) is 0.708. The van der Waals surface area contributed by atoms with E-state index in [9.17, 15) is 0 Å². The molecule has 1 fully saturated rings. The average Bonchev–Trinajstić information content (AvgIpc) is 2.59. The minimum absolute atomic E-state index is 0.691. The van der Waals surface area contributed by atoms with Crippen molar-refractivity contribution in [2.45, 2.75) is 18.9 Å². The highest BCUT2D eigenvalue weighted by molar-refractivity contribution is 5.12. The van der Waals surface area contributed by atoms with E-state index < -0.39 is 0 Å². The maximum Gasteiger partial charge on any atom is 0.0700 e. The summed E-state index contributed by atoms with van der Waals surface area (Å²) in [5.74, 6) is 1.75. The van der Waals surface area contributed by atoms with Gasteiger partial charge in [-0.1, -0.05) is 12.2 Å². The molecule has 2 aliphatic carbocycles. The molecule has 1 saturated carbocycles. The summed E-state index contributed by atoms with van der Waals surface area (Å²) >= 11 is 0. The zero-order valence-corrected chi connectivity index (χ0v) is 9.45. The number of hydrogen-bond donors (Lipinski definition) is 1. The number of rotatable bonds is 7. The first-order valence-electron chi connectivity index (χ1n) is 5.88. The van der Waals surface area contributed by atoms with Gasteiger partial charge in [0.1, 0.15) is 0 Å². The van der Waals surface area contributed by atoms with Crippen LogP contribution < -0.4 is 5.32 Å². The van der Waals surface area contributed by atoms with Crippen molar-refractivity contribution in [3.05, 3.63) is 12.2 Å². The molecule has 0 bridgehead atoms. The van der Waals surface area contributed by atoms with Crippen LogP contribution >= 0.6 is 0 Å². The van der Waals surface area contributed by atoms with E-state index in [4.69, 9.17) is 9.47 Å². The van der Waals surface area contributed by atoms with E-state index in [0.29, 0.717) is 19.3 Å². The SMILES string of the molecule is COCCOCCNC1CC2CC=CC21.